The number of benzene rings is 1. The largest absolute Gasteiger partial charge is 0.504 e. The molecule has 0 fully saturated rings. The van der Waals surface area contributed by atoms with Gasteiger partial charge in [-0.05, 0) is 26.0 Å². The van der Waals surface area contributed by atoms with Crippen LogP contribution >= 0.6 is 0 Å². The van der Waals surface area contributed by atoms with Gasteiger partial charge < -0.3 is 19.5 Å². The molecule has 1 aromatic carbocycles. The third-order valence-corrected chi connectivity index (χ3v) is 3.80. The van der Waals surface area contributed by atoms with Gasteiger partial charge in [-0.3, -0.25) is 0 Å². The van der Waals surface area contributed by atoms with Crippen LogP contribution in [0.15, 0.2) is 5.18 Å². The topological polar surface area (TPSA) is 71.4 Å². The molecular formula is C13H16N2O4. The highest BCUT2D eigenvalue weighted by atomic mass is 16.7. The molecule has 1 unspecified atom stereocenters. The molecule has 6 heteroatoms. The lowest BCUT2D eigenvalue weighted by atomic mass is 9.89. The van der Waals surface area contributed by atoms with E-state index in [0.29, 0.717) is 18.0 Å². The first-order valence-corrected chi connectivity index (χ1v) is 6.30. The van der Waals surface area contributed by atoms with E-state index in [9.17, 15) is 10.0 Å². The predicted molar refractivity (Wildman–Crippen MR) is 68.5 cm³/mol. The Morgan fingerprint density at radius 3 is 2.79 bits per heavy atom. The second-order valence-corrected chi connectivity index (χ2v) is 5.05. The second-order valence-electron chi connectivity index (χ2n) is 5.05. The van der Waals surface area contributed by atoms with Crippen LogP contribution in [0.1, 0.15) is 29.7 Å². The molecule has 0 aromatic heterocycles. The van der Waals surface area contributed by atoms with Crippen LogP contribution in [-0.2, 0) is 13.0 Å². The van der Waals surface area contributed by atoms with Crippen molar-refractivity contribution in [2.45, 2.75) is 25.9 Å². The highest BCUT2D eigenvalue weighted by molar-refractivity contribution is 5.65. The summed E-state index contributed by atoms with van der Waals surface area (Å²) in [5.74, 6) is 0.961. The van der Waals surface area contributed by atoms with E-state index in [0.717, 1.165) is 29.7 Å². The molecule has 1 N–H and O–H groups in total. The van der Waals surface area contributed by atoms with E-state index in [4.69, 9.17) is 9.47 Å². The van der Waals surface area contributed by atoms with Gasteiger partial charge in [0.15, 0.2) is 11.5 Å². The highest BCUT2D eigenvalue weighted by Gasteiger charge is 2.33. The molecule has 102 valence electrons. The van der Waals surface area contributed by atoms with Crippen LogP contribution in [0.5, 0.6) is 17.2 Å². The molecule has 0 amide bonds. The summed E-state index contributed by atoms with van der Waals surface area (Å²) in [6.07, 6.45) is 0.769. The standard InChI is InChI=1S/C13H16N2O4/c1-7(14-17)10-8-3-4-15(2)5-9(8)11(16)13-12(10)18-6-19-13/h7,16H,3-6H2,1-2H3. The molecule has 2 heterocycles. The summed E-state index contributed by atoms with van der Waals surface area (Å²) in [5, 5.41) is 13.4. The fourth-order valence-corrected chi connectivity index (χ4v) is 2.84. The number of hydrogen-bond acceptors (Lipinski definition) is 6. The summed E-state index contributed by atoms with van der Waals surface area (Å²) in [6.45, 7) is 3.32. The normalized spacial score (nSPS) is 19.1. The van der Waals surface area contributed by atoms with Crippen molar-refractivity contribution >= 4 is 0 Å². The van der Waals surface area contributed by atoms with E-state index < -0.39 is 6.04 Å². The van der Waals surface area contributed by atoms with Gasteiger partial charge in [0, 0.05) is 24.2 Å². The Kier molecular flexibility index (Phi) is 2.82. The van der Waals surface area contributed by atoms with E-state index >= 15 is 0 Å². The van der Waals surface area contributed by atoms with Gasteiger partial charge in [0.25, 0.3) is 0 Å². The maximum atomic E-state index is 10.9. The van der Waals surface area contributed by atoms with Crippen LogP contribution in [0.3, 0.4) is 0 Å². The van der Waals surface area contributed by atoms with E-state index in [-0.39, 0.29) is 12.5 Å². The Morgan fingerprint density at radius 1 is 1.32 bits per heavy atom. The second kappa shape index (κ2) is 4.38. The number of hydrogen-bond donors (Lipinski definition) is 1. The van der Waals surface area contributed by atoms with Gasteiger partial charge in [0.2, 0.25) is 12.5 Å². The van der Waals surface area contributed by atoms with Gasteiger partial charge in [-0.15, -0.1) is 0 Å². The number of ether oxygens (including phenoxy) is 2. The molecule has 0 radical (unpaired) electrons. The number of fused-ring (bicyclic) bond motifs is 2. The van der Waals surface area contributed by atoms with Crippen molar-refractivity contribution in [3.05, 3.63) is 21.6 Å². The lowest BCUT2D eigenvalue weighted by Gasteiger charge is -2.28. The average Bonchev–Trinajstić information content (AvgIpc) is 2.88. The van der Waals surface area contributed by atoms with E-state index in [1.807, 2.05) is 7.05 Å². The third-order valence-electron chi connectivity index (χ3n) is 3.80. The molecule has 1 atom stereocenters. The molecule has 19 heavy (non-hydrogen) atoms. The smallest absolute Gasteiger partial charge is 0.231 e. The van der Waals surface area contributed by atoms with Gasteiger partial charge in [-0.1, -0.05) is 5.18 Å². The first kappa shape index (κ1) is 12.2. The lowest BCUT2D eigenvalue weighted by Crippen LogP contribution is -2.27. The molecule has 1 aromatic rings. The Hall–Kier alpha value is -1.82. The molecule has 0 aliphatic carbocycles. The van der Waals surface area contributed by atoms with Crippen molar-refractivity contribution in [2.75, 3.05) is 20.4 Å². The quantitative estimate of drug-likeness (QED) is 0.826. The lowest BCUT2D eigenvalue weighted by molar-refractivity contribution is 0.170. The molecule has 6 nitrogen and oxygen atoms in total. The van der Waals surface area contributed by atoms with Gasteiger partial charge >= 0.3 is 0 Å². The van der Waals surface area contributed by atoms with Gasteiger partial charge in [0.1, 0.15) is 6.04 Å². The van der Waals surface area contributed by atoms with Crippen LogP contribution in [0, 0.1) is 4.91 Å². The summed E-state index contributed by atoms with van der Waals surface area (Å²) in [4.78, 5) is 13.0. The number of rotatable bonds is 2. The predicted octanol–water partition coefficient (Wildman–Crippen LogP) is 1.94. The Morgan fingerprint density at radius 2 is 2.05 bits per heavy atom. The van der Waals surface area contributed by atoms with Crippen LogP contribution in [-0.4, -0.2) is 30.4 Å². The van der Waals surface area contributed by atoms with Gasteiger partial charge in [0.05, 0.1) is 0 Å². The molecule has 3 rings (SSSR count). The Balaban J connectivity index is 2.26. The zero-order valence-electron chi connectivity index (χ0n) is 11.0. The maximum Gasteiger partial charge on any atom is 0.231 e. The Labute approximate surface area is 110 Å². The van der Waals surface area contributed by atoms with E-state index in [2.05, 4.69) is 10.1 Å². The number of phenols is 1. The fourth-order valence-electron chi connectivity index (χ4n) is 2.84. The molecular weight excluding hydrogens is 248 g/mol. The number of likely N-dealkylation sites (N-methyl/N-ethyl adjacent to an activating group) is 1. The minimum absolute atomic E-state index is 0.0696. The van der Waals surface area contributed by atoms with Crippen LogP contribution < -0.4 is 9.47 Å². The van der Waals surface area contributed by atoms with Crippen molar-refractivity contribution in [3.63, 3.8) is 0 Å². The van der Waals surface area contributed by atoms with Crippen LogP contribution in [0.25, 0.3) is 0 Å². The van der Waals surface area contributed by atoms with Crippen molar-refractivity contribution in [1.29, 1.82) is 0 Å². The zero-order valence-corrected chi connectivity index (χ0v) is 11.0. The first-order chi connectivity index (χ1) is 9.13. The number of aromatic hydroxyl groups is 1. The van der Waals surface area contributed by atoms with Crippen LogP contribution in [0.2, 0.25) is 0 Å². The highest BCUT2D eigenvalue weighted by Crippen LogP contribution is 2.51. The van der Waals surface area contributed by atoms with Crippen molar-refractivity contribution in [1.82, 2.24) is 4.90 Å². The SMILES string of the molecule is CC(N=O)c1c2c(c(O)c3c1OCO3)CN(C)CC2. The van der Waals surface area contributed by atoms with Crippen molar-refractivity contribution in [2.24, 2.45) is 5.18 Å². The Bertz CT molecular complexity index is 544. The number of nitrogens with zero attached hydrogens (tertiary/aromatic N) is 2. The zero-order chi connectivity index (χ0) is 13.6. The van der Waals surface area contributed by atoms with Gasteiger partial charge in [-0.25, -0.2) is 0 Å². The number of nitroso groups, excluding NO2 is 1. The minimum Gasteiger partial charge on any atom is -0.504 e. The third kappa shape index (κ3) is 1.74. The monoisotopic (exact) mass is 264 g/mol. The fraction of sp³-hybridized carbons (Fsp3) is 0.538. The molecule has 2 aliphatic heterocycles. The molecule has 0 spiro atoms. The van der Waals surface area contributed by atoms with Crippen molar-refractivity contribution < 1.29 is 14.6 Å². The molecule has 0 bridgehead atoms. The average molecular weight is 264 g/mol. The summed E-state index contributed by atoms with van der Waals surface area (Å²) < 4.78 is 10.8. The minimum atomic E-state index is -0.506. The molecule has 2 aliphatic rings. The van der Waals surface area contributed by atoms with Crippen molar-refractivity contribution in [3.8, 4) is 17.2 Å². The maximum absolute atomic E-state index is 10.9. The molecule has 0 saturated heterocycles. The summed E-state index contributed by atoms with van der Waals surface area (Å²) in [6, 6.07) is -0.506. The van der Waals surface area contributed by atoms with Gasteiger partial charge in [-0.2, -0.15) is 4.91 Å². The first-order valence-electron chi connectivity index (χ1n) is 6.30. The molecule has 0 saturated carbocycles. The summed E-state index contributed by atoms with van der Waals surface area (Å²) in [5.41, 5.74) is 2.57. The number of phenolic OH excluding ortho intramolecular Hbond substituents is 1. The van der Waals surface area contributed by atoms with E-state index in [1.54, 1.807) is 6.92 Å². The van der Waals surface area contributed by atoms with Crippen LogP contribution in [0.4, 0.5) is 0 Å². The van der Waals surface area contributed by atoms with E-state index in [1.165, 1.54) is 0 Å². The summed E-state index contributed by atoms with van der Waals surface area (Å²) >= 11 is 0. The summed E-state index contributed by atoms with van der Waals surface area (Å²) in [7, 11) is 1.99.